The first-order chi connectivity index (χ1) is 24.3. The molecule has 0 saturated carbocycles. The lowest BCUT2D eigenvalue weighted by molar-refractivity contribution is 0.670. The van der Waals surface area contributed by atoms with Crippen LogP contribution in [0, 0.1) is 0 Å². The predicted octanol–water partition coefficient (Wildman–Crippen LogP) is 13.7. The molecule has 0 N–H and O–H groups in total. The van der Waals surface area contributed by atoms with Gasteiger partial charge in [0.1, 0.15) is 11.2 Å². The van der Waals surface area contributed by atoms with Gasteiger partial charge < -0.3 is 4.42 Å². The zero-order valence-electron chi connectivity index (χ0n) is 26.7. The van der Waals surface area contributed by atoms with E-state index in [1.165, 1.54) is 65.7 Å². The summed E-state index contributed by atoms with van der Waals surface area (Å²) in [5, 5.41) is 9.79. The van der Waals surface area contributed by atoms with E-state index in [2.05, 4.69) is 170 Å². The van der Waals surface area contributed by atoms with Gasteiger partial charge in [0.25, 0.3) is 0 Å². The Morgan fingerprint density at radius 1 is 0.286 bits per heavy atom. The Bertz CT molecular complexity index is 2870. The monoisotopic (exact) mass is 622 g/mol. The molecule has 1 heterocycles. The highest BCUT2D eigenvalue weighted by Gasteiger charge is 2.18. The van der Waals surface area contributed by atoms with Gasteiger partial charge in [0.05, 0.1) is 0 Å². The minimum Gasteiger partial charge on any atom is -0.455 e. The number of furan rings is 1. The molecule has 0 aliphatic carbocycles. The van der Waals surface area contributed by atoms with E-state index in [0.29, 0.717) is 0 Å². The van der Waals surface area contributed by atoms with Crippen LogP contribution in [0.2, 0.25) is 0 Å². The molecule has 1 heteroatoms. The summed E-state index contributed by atoms with van der Waals surface area (Å²) in [6.45, 7) is 0. The molecule has 0 saturated heterocycles. The average Bonchev–Trinajstić information content (AvgIpc) is 3.56. The first-order valence-corrected chi connectivity index (χ1v) is 16.8. The van der Waals surface area contributed by atoms with Crippen molar-refractivity contribution in [3.05, 3.63) is 182 Å². The standard InChI is InChI=1S/C48H30O/c1-2-13-32(14-3-1)46-40-19-6-7-20-41(40)47(37-25-24-31-12-4-5-15-33(31)29-37)44-30-35(26-27-42(44)46)34-16-10-17-36(28-34)38-21-11-22-43-39-18-8-9-23-45(39)49-48(38)43/h1-30H. The first kappa shape index (κ1) is 27.7. The lowest BCUT2D eigenvalue weighted by Gasteiger charge is -2.19. The van der Waals surface area contributed by atoms with Gasteiger partial charge in [-0.3, -0.25) is 0 Å². The summed E-state index contributed by atoms with van der Waals surface area (Å²) in [7, 11) is 0. The minimum atomic E-state index is 0.915. The zero-order chi connectivity index (χ0) is 32.3. The molecule has 49 heavy (non-hydrogen) atoms. The third kappa shape index (κ3) is 4.47. The fraction of sp³-hybridized carbons (Fsp3) is 0. The molecule has 0 amide bonds. The van der Waals surface area contributed by atoms with Gasteiger partial charge in [-0.2, -0.15) is 0 Å². The second-order valence-electron chi connectivity index (χ2n) is 12.8. The highest BCUT2D eigenvalue weighted by molar-refractivity contribution is 6.22. The topological polar surface area (TPSA) is 13.1 Å². The average molecular weight is 623 g/mol. The highest BCUT2D eigenvalue weighted by atomic mass is 16.3. The Morgan fingerprint density at radius 2 is 0.878 bits per heavy atom. The van der Waals surface area contributed by atoms with E-state index in [0.717, 1.165) is 33.1 Å². The summed E-state index contributed by atoms with van der Waals surface area (Å²) in [6.07, 6.45) is 0. The fourth-order valence-corrected chi connectivity index (χ4v) is 7.77. The van der Waals surface area contributed by atoms with Crippen LogP contribution >= 0.6 is 0 Å². The van der Waals surface area contributed by atoms with Crippen LogP contribution in [-0.4, -0.2) is 0 Å². The van der Waals surface area contributed by atoms with E-state index in [-0.39, 0.29) is 0 Å². The van der Waals surface area contributed by atoms with Crippen molar-refractivity contribution >= 4 is 54.3 Å². The van der Waals surface area contributed by atoms with Crippen LogP contribution in [0.4, 0.5) is 0 Å². The molecule has 1 nitrogen and oxygen atoms in total. The van der Waals surface area contributed by atoms with E-state index >= 15 is 0 Å². The van der Waals surface area contributed by atoms with Gasteiger partial charge in [-0.15, -0.1) is 0 Å². The Balaban J connectivity index is 1.23. The Kier molecular flexibility index (Phi) is 6.25. The third-order valence-corrected chi connectivity index (χ3v) is 10.0. The van der Waals surface area contributed by atoms with Crippen molar-refractivity contribution in [2.24, 2.45) is 0 Å². The smallest absolute Gasteiger partial charge is 0.143 e. The van der Waals surface area contributed by atoms with Crippen LogP contribution in [0.3, 0.4) is 0 Å². The molecule has 0 unspecified atom stereocenters. The number of hydrogen-bond acceptors (Lipinski definition) is 1. The van der Waals surface area contributed by atoms with E-state index in [4.69, 9.17) is 4.42 Å². The summed E-state index contributed by atoms with van der Waals surface area (Å²) in [6, 6.07) is 65.8. The van der Waals surface area contributed by atoms with Crippen molar-refractivity contribution in [1.29, 1.82) is 0 Å². The first-order valence-electron chi connectivity index (χ1n) is 16.8. The maximum absolute atomic E-state index is 6.43. The third-order valence-electron chi connectivity index (χ3n) is 10.0. The number of fused-ring (bicyclic) bond motifs is 6. The van der Waals surface area contributed by atoms with E-state index in [9.17, 15) is 0 Å². The summed E-state index contributed by atoms with van der Waals surface area (Å²) in [4.78, 5) is 0. The molecule has 0 fully saturated rings. The molecular formula is C48H30O. The molecule has 0 radical (unpaired) electrons. The van der Waals surface area contributed by atoms with E-state index < -0.39 is 0 Å². The summed E-state index contributed by atoms with van der Waals surface area (Å²) in [5.74, 6) is 0. The Hall–Kier alpha value is -6.44. The summed E-state index contributed by atoms with van der Waals surface area (Å²) in [5.41, 5.74) is 11.4. The molecule has 10 aromatic rings. The van der Waals surface area contributed by atoms with Crippen molar-refractivity contribution in [3.63, 3.8) is 0 Å². The molecule has 228 valence electrons. The molecule has 9 aromatic carbocycles. The molecule has 0 atom stereocenters. The van der Waals surface area contributed by atoms with Crippen molar-refractivity contribution in [1.82, 2.24) is 0 Å². The lowest BCUT2D eigenvalue weighted by Crippen LogP contribution is -1.92. The van der Waals surface area contributed by atoms with Gasteiger partial charge in [0, 0.05) is 16.3 Å². The number of hydrogen-bond donors (Lipinski definition) is 0. The minimum absolute atomic E-state index is 0.915. The molecule has 0 bridgehead atoms. The van der Waals surface area contributed by atoms with Crippen molar-refractivity contribution < 1.29 is 4.42 Å². The van der Waals surface area contributed by atoms with Gasteiger partial charge in [0.15, 0.2) is 0 Å². The van der Waals surface area contributed by atoms with Crippen LogP contribution < -0.4 is 0 Å². The van der Waals surface area contributed by atoms with Gasteiger partial charge in [-0.05, 0) is 95.5 Å². The van der Waals surface area contributed by atoms with E-state index in [1.54, 1.807) is 0 Å². The van der Waals surface area contributed by atoms with Gasteiger partial charge in [-0.1, -0.05) is 158 Å². The number of para-hydroxylation sites is 2. The van der Waals surface area contributed by atoms with Crippen molar-refractivity contribution in [2.45, 2.75) is 0 Å². The molecule has 1 aromatic heterocycles. The Labute approximate surface area is 284 Å². The van der Waals surface area contributed by atoms with Crippen LogP contribution in [0.25, 0.3) is 98.8 Å². The fourth-order valence-electron chi connectivity index (χ4n) is 7.77. The van der Waals surface area contributed by atoms with Crippen LogP contribution in [0.15, 0.2) is 186 Å². The maximum atomic E-state index is 6.43. The molecule has 10 rings (SSSR count). The number of rotatable bonds is 4. The second-order valence-corrected chi connectivity index (χ2v) is 12.8. The second kappa shape index (κ2) is 11.1. The predicted molar refractivity (Wildman–Crippen MR) is 208 cm³/mol. The lowest BCUT2D eigenvalue weighted by atomic mass is 9.84. The van der Waals surface area contributed by atoms with Crippen molar-refractivity contribution in [2.75, 3.05) is 0 Å². The quantitative estimate of drug-likeness (QED) is 0.178. The van der Waals surface area contributed by atoms with Gasteiger partial charge in [0.2, 0.25) is 0 Å². The normalized spacial score (nSPS) is 11.7. The Morgan fingerprint density at radius 3 is 1.73 bits per heavy atom. The summed E-state index contributed by atoms with van der Waals surface area (Å²) < 4.78 is 6.43. The van der Waals surface area contributed by atoms with Gasteiger partial charge in [-0.25, -0.2) is 0 Å². The van der Waals surface area contributed by atoms with Crippen LogP contribution in [0.5, 0.6) is 0 Å². The van der Waals surface area contributed by atoms with Crippen LogP contribution in [-0.2, 0) is 0 Å². The summed E-state index contributed by atoms with van der Waals surface area (Å²) >= 11 is 0. The number of benzene rings is 9. The van der Waals surface area contributed by atoms with Crippen molar-refractivity contribution in [3.8, 4) is 44.5 Å². The molecular weight excluding hydrogens is 593 g/mol. The maximum Gasteiger partial charge on any atom is 0.143 e. The van der Waals surface area contributed by atoms with E-state index in [1.807, 2.05) is 12.1 Å². The van der Waals surface area contributed by atoms with Crippen LogP contribution in [0.1, 0.15) is 0 Å². The largest absolute Gasteiger partial charge is 0.455 e. The molecule has 0 aliphatic rings. The molecule has 0 spiro atoms. The zero-order valence-corrected chi connectivity index (χ0v) is 26.7. The van der Waals surface area contributed by atoms with Gasteiger partial charge >= 0.3 is 0 Å². The molecule has 0 aliphatic heterocycles. The highest BCUT2D eigenvalue weighted by Crippen LogP contribution is 2.45. The SMILES string of the molecule is c1ccc(-c2c3ccccc3c(-c3ccc4ccccc4c3)c3cc(-c4cccc(-c5cccc6c5oc5ccccc56)c4)ccc23)cc1.